The second-order valence-corrected chi connectivity index (χ2v) is 5.88. The van der Waals surface area contributed by atoms with Crippen molar-refractivity contribution in [1.82, 2.24) is 0 Å². The lowest BCUT2D eigenvalue weighted by atomic mass is 9.88. The lowest BCUT2D eigenvalue weighted by Gasteiger charge is -2.15. The monoisotopic (exact) mass is 336 g/mol. The Kier molecular flexibility index (Phi) is 4.13. The number of halogens is 2. The van der Waals surface area contributed by atoms with Gasteiger partial charge < -0.3 is 9.47 Å². The van der Waals surface area contributed by atoms with Crippen LogP contribution in [0.4, 0.5) is 0 Å². The van der Waals surface area contributed by atoms with Crippen LogP contribution in [0.5, 0.6) is 0 Å². The highest BCUT2D eigenvalue weighted by atomic mass is 35.5. The zero-order valence-electron chi connectivity index (χ0n) is 11.9. The van der Waals surface area contributed by atoms with Gasteiger partial charge in [0, 0.05) is 10.0 Å². The smallest absolute Gasteiger partial charge is 0.339 e. The van der Waals surface area contributed by atoms with Crippen molar-refractivity contribution >= 4 is 29.2 Å². The molecule has 2 aromatic rings. The van der Waals surface area contributed by atoms with Gasteiger partial charge in [0.15, 0.2) is 11.7 Å². The molecule has 22 heavy (non-hydrogen) atoms. The van der Waals surface area contributed by atoms with E-state index < -0.39 is 11.7 Å². The second kappa shape index (κ2) is 5.92. The molecule has 1 aliphatic rings. The quantitative estimate of drug-likeness (QED) is 0.620. The molecule has 0 spiro atoms. The largest absolute Gasteiger partial charge is 0.464 e. The zero-order chi connectivity index (χ0) is 15.7. The van der Waals surface area contributed by atoms with Gasteiger partial charge in [-0.1, -0.05) is 47.5 Å². The van der Waals surface area contributed by atoms with E-state index in [1.54, 1.807) is 31.2 Å². The van der Waals surface area contributed by atoms with Gasteiger partial charge in [0.2, 0.25) is 0 Å². The number of hydrogen-bond acceptors (Lipinski definition) is 3. The van der Waals surface area contributed by atoms with Crippen molar-refractivity contribution < 1.29 is 14.3 Å². The van der Waals surface area contributed by atoms with E-state index in [0.717, 1.165) is 11.1 Å². The molecule has 114 valence electrons. The number of rotatable bonds is 4. The molecule has 1 heterocycles. The maximum absolute atomic E-state index is 12.1. The number of ether oxygens (including phenoxy) is 2. The molecule has 1 fully saturated rings. The molecule has 1 aliphatic heterocycles. The molecule has 3 nitrogen and oxygen atoms in total. The molecule has 1 saturated heterocycles. The number of benzene rings is 2. The molecule has 0 aliphatic carbocycles. The van der Waals surface area contributed by atoms with Gasteiger partial charge in [-0.3, -0.25) is 0 Å². The van der Waals surface area contributed by atoms with E-state index in [1.165, 1.54) is 0 Å². The Balaban J connectivity index is 2.07. The van der Waals surface area contributed by atoms with Crippen LogP contribution in [0.15, 0.2) is 48.5 Å². The molecular weight excluding hydrogens is 323 g/mol. The highest BCUT2D eigenvalue weighted by molar-refractivity contribution is 6.31. The van der Waals surface area contributed by atoms with Crippen LogP contribution in [0.2, 0.25) is 10.0 Å². The third-order valence-electron chi connectivity index (χ3n) is 3.62. The standard InChI is InChI=1S/C17H14Cl2O3/c1-2-21-16(20)15-17(22-15,11-5-3-7-13(18)9-11)12-6-4-8-14(19)10-12/h3-10,15H,2H2,1H3. The van der Waals surface area contributed by atoms with E-state index in [0.29, 0.717) is 16.7 Å². The summed E-state index contributed by atoms with van der Waals surface area (Å²) in [6.07, 6.45) is -0.690. The number of carbonyl (C=O) groups is 1. The summed E-state index contributed by atoms with van der Waals surface area (Å²) in [6.45, 7) is 2.07. The highest BCUT2D eigenvalue weighted by Crippen LogP contribution is 2.52. The maximum atomic E-state index is 12.1. The molecule has 3 rings (SSSR count). The van der Waals surface area contributed by atoms with Crippen LogP contribution in [0.3, 0.4) is 0 Å². The topological polar surface area (TPSA) is 38.8 Å². The van der Waals surface area contributed by atoms with Gasteiger partial charge in [-0.25, -0.2) is 4.79 Å². The van der Waals surface area contributed by atoms with Crippen LogP contribution in [0.1, 0.15) is 18.1 Å². The van der Waals surface area contributed by atoms with E-state index in [4.69, 9.17) is 32.7 Å². The Labute approximate surface area is 138 Å². The van der Waals surface area contributed by atoms with E-state index in [9.17, 15) is 4.79 Å². The lowest BCUT2D eigenvalue weighted by Crippen LogP contribution is -2.22. The first-order valence-electron chi connectivity index (χ1n) is 6.94. The maximum Gasteiger partial charge on any atom is 0.339 e. The molecule has 0 aromatic heterocycles. The number of epoxide rings is 1. The summed E-state index contributed by atoms with van der Waals surface area (Å²) in [4.78, 5) is 12.1. The SMILES string of the molecule is CCOC(=O)C1OC1(c1cccc(Cl)c1)c1cccc(Cl)c1. The Morgan fingerprint density at radius 2 is 1.68 bits per heavy atom. The fourth-order valence-electron chi connectivity index (χ4n) is 2.63. The van der Waals surface area contributed by atoms with Crippen molar-refractivity contribution in [2.24, 2.45) is 0 Å². The number of hydrogen-bond donors (Lipinski definition) is 0. The van der Waals surface area contributed by atoms with Gasteiger partial charge in [0.25, 0.3) is 0 Å². The second-order valence-electron chi connectivity index (χ2n) is 5.01. The van der Waals surface area contributed by atoms with Crippen molar-refractivity contribution in [2.75, 3.05) is 6.61 Å². The summed E-state index contributed by atoms with van der Waals surface area (Å²) in [6, 6.07) is 14.6. The van der Waals surface area contributed by atoms with E-state index in [2.05, 4.69) is 0 Å². The number of carbonyl (C=O) groups excluding carboxylic acids is 1. The van der Waals surface area contributed by atoms with Gasteiger partial charge in [-0.2, -0.15) is 0 Å². The average molecular weight is 337 g/mol. The normalized spacial score (nSPS) is 18.8. The highest BCUT2D eigenvalue weighted by Gasteiger charge is 2.64. The molecule has 2 aromatic carbocycles. The first-order valence-corrected chi connectivity index (χ1v) is 7.70. The molecule has 0 N–H and O–H groups in total. The minimum absolute atomic E-state index is 0.305. The molecule has 1 atom stereocenters. The van der Waals surface area contributed by atoms with Gasteiger partial charge in [0.05, 0.1) is 6.61 Å². The third-order valence-corrected chi connectivity index (χ3v) is 4.09. The van der Waals surface area contributed by atoms with Crippen LogP contribution < -0.4 is 0 Å². The minimum Gasteiger partial charge on any atom is -0.464 e. The summed E-state index contributed by atoms with van der Waals surface area (Å²) in [7, 11) is 0. The first-order chi connectivity index (χ1) is 10.6. The minimum atomic E-state index is -0.887. The van der Waals surface area contributed by atoms with Crippen molar-refractivity contribution in [2.45, 2.75) is 18.6 Å². The molecule has 0 saturated carbocycles. The molecule has 0 amide bonds. The van der Waals surface area contributed by atoms with Crippen LogP contribution in [-0.4, -0.2) is 18.7 Å². The fourth-order valence-corrected chi connectivity index (χ4v) is 3.01. The predicted octanol–water partition coefficient (Wildman–Crippen LogP) is 4.20. The van der Waals surface area contributed by atoms with E-state index in [1.807, 2.05) is 24.3 Å². The molecule has 0 radical (unpaired) electrons. The average Bonchev–Trinajstić information content (AvgIpc) is 3.24. The van der Waals surface area contributed by atoms with Crippen molar-refractivity contribution in [3.05, 3.63) is 69.7 Å². The van der Waals surface area contributed by atoms with Gasteiger partial charge in [0.1, 0.15) is 0 Å². The molecule has 0 bridgehead atoms. The van der Waals surface area contributed by atoms with Gasteiger partial charge >= 0.3 is 5.97 Å². The Bertz CT molecular complexity index is 669. The molecular formula is C17H14Cl2O3. The van der Waals surface area contributed by atoms with Crippen LogP contribution in [0, 0.1) is 0 Å². The summed E-state index contributed by atoms with van der Waals surface area (Å²) < 4.78 is 10.9. The fraction of sp³-hybridized carbons (Fsp3) is 0.235. The molecule has 5 heteroatoms. The van der Waals surface area contributed by atoms with Crippen LogP contribution in [0.25, 0.3) is 0 Å². The zero-order valence-corrected chi connectivity index (χ0v) is 13.4. The van der Waals surface area contributed by atoms with Crippen molar-refractivity contribution in [1.29, 1.82) is 0 Å². The summed E-state index contributed by atoms with van der Waals surface area (Å²) in [5.41, 5.74) is 0.725. The number of esters is 1. The lowest BCUT2D eigenvalue weighted by molar-refractivity contribution is -0.144. The summed E-state index contributed by atoms with van der Waals surface area (Å²) in [5.74, 6) is -0.387. The Morgan fingerprint density at radius 3 is 2.14 bits per heavy atom. The van der Waals surface area contributed by atoms with Crippen LogP contribution >= 0.6 is 23.2 Å². The molecule has 1 unspecified atom stereocenters. The first kappa shape index (κ1) is 15.3. The van der Waals surface area contributed by atoms with Gasteiger partial charge in [-0.15, -0.1) is 0 Å². The third kappa shape index (κ3) is 2.60. The summed E-state index contributed by atoms with van der Waals surface area (Å²) >= 11 is 12.2. The predicted molar refractivity (Wildman–Crippen MR) is 85.2 cm³/mol. The van der Waals surface area contributed by atoms with Gasteiger partial charge in [-0.05, 0) is 42.3 Å². The van der Waals surface area contributed by atoms with Crippen LogP contribution in [-0.2, 0) is 19.9 Å². The Morgan fingerprint density at radius 1 is 1.14 bits per heavy atom. The summed E-state index contributed by atoms with van der Waals surface area (Å²) in [5, 5.41) is 1.16. The van der Waals surface area contributed by atoms with E-state index >= 15 is 0 Å². The van der Waals surface area contributed by atoms with Crippen molar-refractivity contribution in [3.8, 4) is 0 Å². The van der Waals surface area contributed by atoms with E-state index in [-0.39, 0.29) is 5.97 Å². The van der Waals surface area contributed by atoms with Crippen molar-refractivity contribution in [3.63, 3.8) is 0 Å². The Hall–Kier alpha value is -1.55.